The molecule has 3 aromatic rings. The number of imide groups is 2. The summed E-state index contributed by atoms with van der Waals surface area (Å²) in [6.45, 7) is 7.25. The van der Waals surface area contributed by atoms with Crippen LogP contribution in [0.1, 0.15) is 25.0 Å². The van der Waals surface area contributed by atoms with Gasteiger partial charge in [0.2, 0.25) is 23.6 Å². The highest BCUT2D eigenvalue weighted by atomic mass is 16.5. The van der Waals surface area contributed by atoms with Crippen LogP contribution in [-0.2, 0) is 24.0 Å². The number of para-hydroxylation sites is 1. The minimum absolute atomic E-state index is 0.197. The minimum Gasteiger partial charge on any atom is -0.423 e. The third-order valence-electron chi connectivity index (χ3n) is 9.94. The smallest absolute Gasteiger partial charge is 0.339 e. The van der Waals surface area contributed by atoms with Gasteiger partial charge >= 0.3 is 5.97 Å². The van der Waals surface area contributed by atoms with Crippen molar-refractivity contribution in [3.8, 4) is 5.75 Å². The maximum Gasteiger partial charge on any atom is 0.339 e. The van der Waals surface area contributed by atoms with E-state index in [0.29, 0.717) is 22.7 Å². The fraction of sp³-hybridized carbons (Fsp3) is 0.286. The van der Waals surface area contributed by atoms with Gasteiger partial charge in [0, 0.05) is 16.9 Å². The monoisotopic (exact) mass is 574 g/mol. The highest BCUT2D eigenvalue weighted by Crippen LogP contribution is 2.68. The average Bonchev–Trinajstić information content (AvgIpc) is 3.41. The van der Waals surface area contributed by atoms with Crippen molar-refractivity contribution in [2.24, 2.45) is 35.0 Å². The van der Waals surface area contributed by atoms with Gasteiger partial charge in [-0.15, -0.1) is 0 Å². The van der Waals surface area contributed by atoms with Crippen molar-refractivity contribution in [1.82, 2.24) is 0 Å². The molecule has 2 bridgehead atoms. The highest BCUT2D eigenvalue weighted by molar-refractivity contribution is 6.27. The van der Waals surface area contributed by atoms with Gasteiger partial charge in [-0.2, -0.15) is 0 Å². The van der Waals surface area contributed by atoms with Crippen LogP contribution in [0.25, 0.3) is 0 Å². The Hall–Kier alpha value is -4.85. The molecule has 3 unspecified atom stereocenters. The molecule has 2 aliphatic heterocycles. The SMILES string of the molecule is CC1=C(C(=O)Oc2ccccc2)C2(C)C3C(=O)N(c4ccc(C)cc4)C(=O)[C@@H]3C1[C@@H]1C(=O)N(c3ccc(C)cc3)C(=O)[C@@H]12. The number of anilines is 2. The Balaban J connectivity index is 1.40. The Kier molecular flexibility index (Phi) is 5.86. The van der Waals surface area contributed by atoms with Crippen LogP contribution < -0.4 is 14.5 Å². The second kappa shape index (κ2) is 9.33. The normalized spacial score (nSPS) is 29.3. The molecule has 3 aliphatic carbocycles. The molecule has 8 nitrogen and oxygen atoms in total. The van der Waals surface area contributed by atoms with Crippen LogP contribution in [0.5, 0.6) is 5.75 Å². The van der Waals surface area contributed by atoms with E-state index in [1.807, 2.05) is 38.1 Å². The van der Waals surface area contributed by atoms with Crippen LogP contribution in [0.4, 0.5) is 11.4 Å². The van der Waals surface area contributed by atoms with E-state index in [9.17, 15) is 24.0 Å². The summed E-state index contributed by atoms with van der Waals surface area (Å²) < 4.78 is 5.80. The zero-order valence-electron chi connectivity index (χ0n) is 24.2. The summed E-state index contributed by atoms with van der Waals surface area (Å²) >= 11 is 0. The van der Waals surface area contributed by atoms with Gasteiger partial charge in [-0.1, -0.05) is 66.1 Å². The van der Waals surface area contributed by atoms with E-state index < -0.39 is 64.6 Å². The van der Waals surface area contributed by atoms with Gasteiger partial charge in [0.25, 0.3) is 0 Å². The molecule has 8 rings (SSSR count). The quantitative estimate of drug-likeness (QED) is 0.252. The first-order chi connectivity index (χ1) is 20.6. The lowest BCUT2D eigenvalue weighted by atomic mass is 9.43. The first-order valence-corrected chi connectivity index (χ1v) is 14.4. The summed E-state index contributed by atoms with van der Waals surface area (Å²) in [6.07, 6.45) is 0. The standard InChI is InChI=1S/C35H30N2O6/c1-18-10-14-21(15-11-18)36-30(38)25-24-20(3)27(34(42)43-23-8-6-5-7-9-23)35(4,28(25)32(36)40)29-26(24)31(39)37(33(29)41)22-16-12-19(2)13-17-22/h5-17,24-26,28-29H,1-4H3/t24?,25-,26+,28+,29?,35?/m0/s1. The van der Waals surface area contributed by atoms with Gasteiger partial charge in [-0.3, -0.25) is 29.0 Å². The molecule has 43 heavy (non-hydrogen) atoms. The maximum absolute atomic E-state index is 14.4. The number of benzene rings is 3. The molecule has 4 amide bonds. The molecule has 0 spiro atoms. The lowest BCUT2D eigenvalue weighted by Crippen LogP contribution is -2.61. The number of amides is 4. The summed E-state index contributed by atoms with van der Waals surface area (Å²) in [7, 11) is 0. The molecule has 2 heterocycles. The van der Waals surface area contributed by atoms with Crippen LogP contribution in [0.2, 0.25) is 0 Å². The van der Waals surface area contributed by atoms with Crippen LogP contribution in [0.3, 0.4) is 0 Å². The van der Waals surface area contributed by atoms with Crippen molar-refractivity contribution >= 4 is 41.0 Å². The van der Waals surface area contributed by atoms with E-state index in [1.165, 1.54) is 9.80 Å². The predicted octanol–water partition coefficient (Wildman–Crippen LogP) is 4.79. The van der Waals surface area contributed by atoms with Crippen molar-refractivity contribution in [3.63, 3.8) is 0 Å². The molecule has 8 heteroatoms. The van der Waals surface area contributed by atoms with E-state index in [4.69, 9.17) is 4.74 Å². The summed E-state index contributed by atoms with van der Waals surface area (Å²) in [6, 6.07) is 22.7. The molecule has 6 atom stereocenters. The number of aryl methyl sites for hydroxylation is 2. The van der Waals surface area contributed by atoms with E-state index >= 15 is 0 Å². The summed E-state index contributed by atoms with van der Waals surface area (Å²) in [5, 5.41) is 0. The van der Waals surface area contributed by atoms with E-state index in [2.05, 4.69) is 0 Å². The highest BCUT2D eigenvalue weighted by Gasteiger charge is 2.77. The number of rotatable bonds is 4. The summed E-state index contributed by atoms with van der Waals surface area (Å²) in [5.41, 5.74) is 2.03. The van der Waals surface area contributed by atoms with E-state index in [1.54, 1.807) is 68.4 Å². The zero-order valence-corrected chi connectivity index (χ0v) is 24.2. The minimum atomic E-state index is -1.47. The number of hydrogen-bond acceptors (Lipinski definition) is 6. The van der Waals surface area contributed by atoms with Gasteiger partial charge in [0.1, 0.15) is 5.75 Å². The van der Waals surface area contributed by atoms with Crippen molar-refractivity contribution in [1.29, 1.82) is 0 Å². The van der Waals surface area contributed by atoms with Crippen molar-refractivity contribution in [2.45, 2.75) is 27.7 Å². The Labute approximate surface area is 248 Å². The lowest BCUT2D eigenvalue weighted by molar-refractivity contribution is -0.152. The Morgan fingerprint density at radius 1 is 0.628 bits per heavy atom. The van der Waals surface area contributed by atoms with E-state index in [0.717, 1.165) is 11.1 Å². The number of esters is 1. The second-order valence-corrected chi connectivity index (χ2v) is 12.3. The largest absolute Gasteiger partial charge is 0.423 e. The number of carbonyl (C=O) groups excluding carboxylic acids is 5. The molecule has 1 saturated carbocycles. The van der Waals surface area contributed by atoms with Crippen molar-refractivity contribution in [2.75, 3.05) is 9.80 Å². The molecule has 2 saturated heterocycles. The third kappa shape index (κ3) is 3.59. The van der Waals surface area contributed by atoms with Crippen molar-refractivity contribution in [3.05, 3.63) is 101 Å². The fourth-order valence-electron chi connectivity index (χ4n) is 8.15. The third-order valence-corrected chi connectivity index (χ3v) is 9.94. The van der Waals surface area contributed by atoms with Gasteiger partial charge in [0.05, 0.1) is 35.0 Å². The molecule has 5 aliphatic rings. The Morgan fingerprint density at radius 3 is 1.51 bits per heavy atom. The number of hydrogen-bond donors (Lipinski definition) is 0. The van der Waals surface area contributed by atoms with Crippen LogP contribution in [-0.4, -0.2) is 29.6 Å². The summed E-state index contributed by atoms with van der Waals surface area (Å²) in [5.74, 6) is -6.83. The van der Waals surface area contributed by atoms with Crippen LogP contribution >= 0.6 is 0 Å². The lowest BCUT2D eigenvalue weighted by Gasteiger charge is -2.55. The number of ether oxygens (including phenoxy) is 1. The molecular weight excluding hydrogens is 544 g/mol. The Bertz CT molecular complexity index is 1670. The fourth-order valence-corrected chi connectivity index (χ4v) is 8.15. The number of allylic oxidation sites excluding steroid dienone is 1. The molecule has 216 valence electrons. The molecule has 0 radical (unpaired) electrons. The van der Waals surface area contributed by atoms with Gasteiger partial charge in [-0.05, 0) is 57.2 Å². The number of nitrogens with zero attached hydrogens (tertiary/aromatic N) is 2. The Morgan fingerprint density at radius 2 is 1.07 bits per heavy atom. The first-order valence-electron chi connectivity index (χ1n) is 14.4. The molecular formula is C35H30N2O6. The second-order valence-electron chi connectivity index (χ2n) is 12.3. The van der Waals surface area contributed by atoms with Crippen molar-refractivity contribution < 1.29 is 28.7 Å². The van der Waals surface area contributed by atoms with Gasteiger partial charge < -0.3 is 4.74 Å². The topological polar surface area (TPSA) is 101 Å². The average molecular weight is 575 g/mol. The van der Waals surface area contributed by atoms with Gasteiger partial charge in [0.15, 0.2) is 0 Å². The molecule has 3 fully saturated rings. The van der Waals surface area contributed by atoms with Gasteiger partial charge in [-0.25, -0.2) is 4.79 Å². The first kappa shape index (κ1) is 27.0. The van der Waals surface area contributed by atoms with Crippen LogP contribution in [0, 0.1) is 48.9 Å². The maximum atomic E-state index is 14.4. The van der Waals surface area contributed by atoms with E-state index in [-0.39, 0.29) is 5.57 Å². The molecule has 0 aromatic heterocycles. The number of carbonyl (C=O) groups is 5. The molecule has 0 N–H and O–H groups in total. The van der Waals surface area contributed by atoms with Crippen LogP contribution in [0.15, 0.2) is 90.0 Å². The predicted molar refractivity (Wildman–Crippen MR) is 158 cm³/mol. The summed E-state index contributed by atoms with van der Waals surface area (Å²) in [4.78, 5) is 73.5. The molecule has 3 aromatic carbocycles. The zero-order chi connectivity index (χ0) is 30.4.